The minimum Gasteiger partial charge on any atom is -0.450 e. The summed E-state index contributed by atoms with van der Waals surface area (Å²) in [5.41, 5.74) is 0. The summed E-state index contributed by atoms with van der Waals surface area (Å²) in [5.74, 6) is 0. The highest BCUT2D eigenvalue weighted by atomic mass is 32.3. The number of hydrogen-bond acceptors (Lipinski definition) is 4. The molecule has 0 aliphatic heterocycles. The average Bonchev–Trinajstić information content (AvgIpc) is 1.63. The van der Waals surface area contributed by atoms with Crippen molar-refractivity contribution >= 4 is 16.6 Å². The normalized spacial score (nSPS) is 9.40. The van der Waals surface area contributed by atoms with E-state index >= 15 is 0 Å². The highest BCUT2D eigenvalue weighted by molar-refractivity contribution is 7.80. The van der Waals surface area contributed by atoms with Crippen LogP contribution in [0.2, 0.25) is 0 Å². The summed E-state index contributed by atoms with van der Waals surface area (Å²) in [7, 11) is -3.29. The van der Waals surface area contributed by atoms with E-state index in [1.165, 1.54) is 0 Å². The fraction of sp³-hybridized carbons (Fsp3) is 0.500. The van der Waals surface area contributed by atoms with Gasteiger partial charge in [-0.25, -0.2) is 4.79 Å². The molecule has 0 saturated heterocycles. The van der Waals surface area contributed by atoms with Gasteiger partial charge < -0.3 is 10.2 Å². The molecule has 0 radical (unpaired) electrons. The van der Waals surface area contributed by atoms with Crippen LogP contribution in [0.5, 0.6) is 0 Å². The Kier molecular flexibility index (Phi) is 5.90. The lowest BCUT2D eigenvalue weighted by Crippen LogP contribution is -1.96. The monoisotopic (exact) mass is 174 g/mol. The van der Waals surface area contributed by atoms with Crippen molar-refractivity contribution < 1.29 is 32.2 Å². The average molecular weight is 174 g/mol. The molecule has 8 heteroatoms. The predicted octanol–water partition coefficient (Wildman–Crippen LogP) is -0.342. The van der Waals surface area contributed by atoms with Gasteiger partial charge >= 0.3 is 16.6 Å². The van der Waals surface area contributed by atoms with E-state index in [2.05, 4.69) is 4.18 Å². The van der Waals surface area contributed by atoms with Crippen molar-refractivity contribution in [2.45, 2.75) is 0 Å². The van der Waals surface area contributed by atoms with Crippen LogP contribution in [0.1, 0.15) is 0 Å². The highest BCUT2D eigenvalue weighted by Gasteiger charge is 1.93. The van der Waals surface area contributed by atoms with Crippen LogP contribution in [-0.4, -0.2) is 36.4 Å². The fourth-order valence-electron chi connectivity index (χ4n) is 0. The van der Waals surface area contributed by atoms with Gasteiger partial charge in [-0.1, -0.05) is 0 Å². The Bertz CT molecular complexity index is 174. The topological polar surface area (TPSA) is 121 Å². The minimum atomic E-state index is -4.16. The second-order valence-corrected chi connectivity index (χ2v) is 2.07. The lowest BCUT2D eigenvalue weighted by molar-refractivity contribution is 0.137. The molecule has 0 unspecified atom stereocenters. The summed E-state index contributed by atoms with van der Waals surface area (Å²) in [5, 5.41) is 13.9. The minimum absolute atomic E-state index is 0.870. The summed E-state index contributed by atoms with van der Waals surface area (Å²) in [6.45, 7) is 0. The standard InChI is InChI=1S/CH4O4S.CH2O3/c1-5-6(2,3)4;2-1(3)4/h1H3,(H,2,3,4);(H2,2,3,4). The van der Waals surface area contributed by atoms with Gasteiger partial charge in [0.15, 0.2) is 0 Å². The number of rotatable bonds is 1. The van der Waals surface area contributed by atoms with Crippen LogP contribution < -0.4 is 0 Å². The summed E-state index contributed by atoms with van der Waals surface area (Å²) in [6, 6.07) is 0. The Labute approximate surface area is 56.8 Å². The molecule has 3 N–H and O–H groups in total. The van der Waals surface area contributed by atoms with Gasteiger partial charge in [-0.05, 0) is 0 Å². The molecule has 0 aromatic carbocycles. The third-order valence-corrected chi connectivity index (χ3v) is 0.632. The largest absolute Gasteiger partial charge is 0.503 e. The number of carbonyl (C=O) groups is 1. The molecule has 0 aliphatic rings. The second-order valence-electron chi connectivity index (χ2n) is 0.877. The molecule has 62 valence electrons. The van der Waals surface area contributed by atoms with Crippen LogP contribution >= 0.6 is 0 Å². The molecule has 0 fully saturated rings. The van der Waals surface area contributed by atoms with Gasteiger partial charge in [-0.15, -0.1) is 0 Å². The lowest BCUT2D eigenvalue weighted by atomic mass is 11.5. The van der Waals surface area contributed by atoms with Crippen LogP contribution in [0.3, 0.4) is 0 Å². The van der Waals surface area contributed by atoms with E-state index in [1.54, 1.807) is 0 Å². The Morgan fingerprint density at radius 3 is 1.50 bits per heavy atom. The van der Waals surface area contributed by atoms with E-state index in [-0.39, 0.29) is 0 Å². The van der Waals surface area contributed by atoms with Crippen LogP contribution in [-0.2, 0) is 14.6 Å². The zero-order valence-electron chi connectivity index (χ0n) is 4.88. The lowest BCUT2D eigenvalue weighted by Gasteiger charge is -1.82. The van der Waals surface area contributed by atoms with Crippen molar-refractivity contribution in [3.8, 4) is 0 Å². The van der Waals surface area contributed by atoms with Gasteiger partial charge in [-0.2, -0.15) is 8.42 Å². The van der Waals surface area contributed by atoms with Crippen molar-refractivity contribution in [2.24, 2.45) is 0 Å². The van der Waals surface area contributed by atoms with E-state index in [9.17, 15) is 8.42 Å². The SMILES string of the molecule is COS(=O)(=O)O.O=C(O)O. The summed E-state index contributed by atoms with van der Waals surface area (Å²) < 4.78 is 29.7. The van der Waals surface area contributed by atoms with Gasteiger partial charge in [0.05, 0.1) is 7.11 Å². The molecule has 7 nitrogen and oxygen atoms in total. The highest BCUT2D eigenvalue weighted by Crippen LogP contribution is 1.74. The zero-order valence-corrected chi connectivity index (χ0v) is 5.70. The van der Waals surface area contributed by atoms with Crippen molar-refractivity contribution in [1.29, 1.82) is 0 Å². The number of carboxylic acid groups (broad SMARTS) is 2. The molecule has 0 bridgehead atoms. The Hall–Kier alpha value is -0.860. The van der Waals surface area contributed by atoms with E-state index in [0.717, 1.165) is 7.11 Å². The Morgan fingerprint density at radius 1 is 1.40 bits per heavy atom. The third kappa shape index (κ3) is 58.8. The molecule has 0 aromatic heterocycles. The molecule has 0 aliphatic carbocycles. The van der Waals surface area contributed by atoms with Crippen LogP contribution in [0, 0.1) is 0 Å². The first-order valence-electron chi connectivity index (χ1n) is 1.74. The van der Waals surface area contributed by atoms with Crippen molar-refractivity contribution in [1.82, 2.24) is 0 Å². The van der Waals surface area contributed by atoms with Crippen LogP contribution in [0.25, 0.3) is 0 Å². The third-order valence-electron chi connectivity index (χ3n) is 0.211. The van der Waals surface area contributed by atoms with Crippen molar-refractivity contribution in [3.05, 3.63) is 0 Å². The Balaban J connectivity index is 0. The maximum absolute atomic E-state index is 9.33. The molecule has 0 rings (SSSR count). The molecule has 0 aromatic rings. The molecule has 0 spiro atoms. The van der Waals surface area contributed by atoms with Crippen molar-refractivity contribution in [3.63, 3.8) is 0 Å². The van der Waals surface area contributed by atoms with Gasteiger partial charge in [0.25, 0.3) is 0 Å². The first kappa shape index (κ1) is 11.9. The molecule has 0 saturated carbocycles. The van der Waals surface area contributed by atoms with E-state index in [1.807, 2.05) is 0 Å². The quantitative estimate of drug-likeness (QED) is 0.464. The van der Waals surface area contributed by atoms with Gasteiger partial charge in [0, 0.05) is 0 Å². The van der Waals surface area contributed by atoms with Crippen LogP contribution in [0.15, 0.2) is 0 Å². The van der Waals surface area contributed by atoms with E-state index in [0.29, 0.717) is 0 Å². The number of hydrogen-bond donors (Lipinski definition) is 3. The maximum atomic E-state index is 9.33. The summed E-state index contributed by atoms with van der Waals surface area (Å²) in [4.78, 5) is 8.56. The summed E-state index contributed by atoms with van der Waals surface area (Å²) in [6.07, 6.45) is -1.83. The molecular weight excluding hydrogens is 168 g/mol. The second kappa shape index (κ2) is 4.97. The molecule has 0 amide bonds. The molecule has 10 heavy (non-hydrogen) atoms. The smallest absolute Gasteiger partial charge is 0.450 e. The molecule has 0 heterocycles. The molecule has 0 atom stereocenters. The van der Waals surface area contributed by atoms with E-state index in [4.69, 9.17) is 19.6 Å². The molecular formula is C2H6O7S. The van der Waals surface area contributed by atoms with Gasteiger partial charge in [0.2, 0.25) is 0 Å². The predicted molar refractivity (Wildman–Crippen MR) is 29.2 cm³/mol. The van der Waals surface area contributed by atoms with Crippen molar-refractivity contribution in [2.75, 3.05) is 7.11 Å². The van der Waals surface area contributed by atoms with E-state index < -0.39 is 16.6 Å². The first-order chi connectivity index (χ1) is 4.29. The summed E-state index contributed by atoms with van der Waals surface area (Å²) >= 11 is 0. The van der Waals surface area contributed by atoms with Gasteiger partial charge in [-0.3, -0.25) is 8.74 Å². The van der Waals surface area contributed by atoms with Crippen LogP contribution in [0.4, 0.5) is 4.79 Å². The Morgan fingerprint density at radius 2 is 1.50 bits per heavy atom. The fourth-order valence-corrected chi connectivity index (χ4v) is 0. The zero-order chi connectivity index (χ0) is 8.78. The first-order valence-corrected chi connectivity index (χ1v) is 3.11. The maximum Gasteiger partial charge on any atom is 0.503 e. The van der Waals surface area contributed by atoms with Gasteiger partial charge in [0.1, 0.15) is 0 Å².